The number of hydrogen-bond donors (Lipinski definition) is 0. The van der Waals surface area contributed by atoms with E-state index in [-0.39, 0.29) is 10.6 Å². The lowest BCUT2D eigenvalue weighted by atomic mass is 10.0. The standard InChI is InChI=1S/C13H11BrClFS/c1-7-5-9(6-8(2)12(7)16)11(14)13-10(15)3-4-17-13/h3-6,11H,1-2H3. The van der Waals surface area contributed by atoms with E-state index in [9.17, 15) is 4.39 Å². The summed E-state index contributed by atoms with van der Waals surface area (Å²) in [6.07, 6.45) is 0. The molecule has 90 valence electrons. The second-order valence-corrected chi connectivity index (χ2v) is 6.23. The minimum absolute atomic E-state index is 0.0213. The van der Waals surface area contributed by atoms with E-state index < -0.39 is 0 Å². The molecule has 2 rings (SSSR count). The molecule has 0 aliphatic rings. The van der Waals surface area contributed by atoms with Crippen LogP contribution in [0.4, 0.5) is 4.39 Å². The van der Waals surface area contributed by atoms with E-state index in [1.54, 1.807) is 25.2 Å². The second kappa shape index (κ2) is 5.09. The Bertz CT molecular complexity index is 527. The van der Waals surface area contributed by atoms with E-state index in [4.69, 9.17) is 11.6 Å². The summed E-state index contributed by atoms with van der Waals surface area (Å²) in [6.45, 7) is 3.56. The Hall–Kier alpha value is -0.380. The van der Waals surface area contributed by atoms with E-state index >= 15 is 0 Å². The van der Waals surface area contributed by atoms with Gasteiger partial charge in [0.1, 0.15) is 5.82 Å². The van der Waals surface area contributed by atoms with Gasteiger partial charge in [-0.05, 0) is 42.0 Å². The van der Waals surface area contributed by atoms with Crippen molar-refractivity contribution in [2.45, 2.75) is 18.7 Å². The highest BCUT2D eigenvalue weighted by Crippen LogP contribution is 2.39. The van der Waals surface area contributed by atoms with Crippen molar-refractivity contribution in [3.63, 3.8) is 0 Å². The molecule has 0 spiro atoms. The Balaban J connectivity index is 2.45. The molecule has 0 fully saturated rings. The zero-order chi connectivity index (χ0) is 12.6. The first kappa shape index (κ1) is 13.1. The third-order valence-corrected chi connectivity index (χ3v) is 5.34. The van der Waals surface area contributed by atoms with Crippen LogP contribution in [0.2, 0.25) is 5.02 Å². The lowest BCUT2D eigenvalue weighted by molar-refractivity contribution is 0.608. The predicted molar refractivity (Wildman–Crippen MR) is 76.0 cm³/mol. The molecule has 1 atom stereocenters. The maximum absolute atomic E-state index is 13.6. The Morgan fingerprint density at radius 3 is 2.35 bits per heavy atom. The molecule has 1 heterocycles. The van der Waals surface area contributed by atoms with Crippen LogP contribution >= 0.6 is 38.9 Å². The van der Waals surface area contributed by atoms with Crippen LogP contribution in [-0.2, 0) is 0 Å². The van der Waals surface area contributed by atoms with Gasteiger partial charge in [-0.2, -0.15) is 0 Å². The van der Waals surface area contributed by atoms with E-state index in [1.165, 1.54) is 0 Å². The molecule has 4 heteroatoms. The van der Waals surface area contributed by atoms with Crippen molar-refractivity contribution >= 4 is 38.9 Å². The number of hydrogen-bond acceptors (Lipinski definition) is 1. The quantitative estimate of drug-likeness (QED) is 0.624. The van der Waals surface area contributed by atoms with Gasteiger partial charge in [0.15, 0.2) is 0 Å². The molecular weight excluding hydrogens is 323 g/mol. The summed E-state index contributed by atoms with van der Waals surface area (Å²) < 4.78 is 13.6. The summed E-state index contributed by atoms with van der Waals surface area (Å²) in [5.41, 5.74) is 2.36. The lowest BCUT2D eigenvalue weighted by Gasteiger charge is -2.12. The first-order valence-corrected chi connectivity index (χ1v) is 7.31. The minimum atomic E-state index is -0.134. The number of halogens is 3. The SMILES string of the molecule is Cc1cc(C(Br)c2sccc2Cl)cc(C)c1F. The molecule has 0 amide bonds. The highest BCUT2D eigenvalue weighted by molar-refractivity contribution is 9.09. The first-order valence-electron chi connectivity index (χ1n) is 5.14. The van der Waals surface area contributed by atoms with Crippen LogP contribution in [0.5, 0.6) is 0 Å². The number of benzene rings is 1. The van der Waals surface area contributed by atoms with E-state index in [1.807, 2.05) is 23.6 Å². The van der Waals surface area contributed by atoms with Gasteiger partial charge < -0.3 is 0 Å². The molecule has 1 aromatic carbocycles. The fraction of sp³-hybridized carbons (Fsp3) is 0.231. The molecule has 0 aliphatic carbocycles. The van der Waals surface area contributed by atoms with E-state index in [0.29, 0.717) is 11.1 Å². The minimum Gasteiger partial charge on any atom is -0.206 e. The van der Waals surface area contributed by atoms with E-state index in [2.05, 4.69) is 15.9 Å². The first-order chi connectivity index (χ1) is 8.00. The molecule has 1 aromatic heterocycles. The molecule has 0 saturated carbocycles. The van der Waals surface area contributed by atoms with Gasteiger partial charge in [-0.25, -0.2) is 4.39 Å². The summed E-state index contributed by atoms with van der Waals surface area (Å²) in [6, 6.07) is 5.59. The van der Waals surface area contributed by atoms with Gasteiger partial charge in [0.25, 0.3) is 0 Å². The summed E-state index contributed by atoms with van der Waals surface area (Å²) in [7, 11) is 0. The Morgan fingerprint density at radius 1 is 1.29 bits per heavy atom. The topological polar surface area (TPSA) is 0 Å². The van der Waals surface area contributed by atoms with Crippen molar-refractivity contribution in [3.8, 4) is 0 Å². The highest BCUT2D eigenvalue weighted by atomic mass is 79.9. The van der Waals surface area contributed by atoms with Crippen LogP contribution in [-0.4, -0.2) is 0 Å². The van der Waals surface area contributed by atoms with Gasteiger partial charge in [0.05, 0.1) is 9.85 Å². The number of rotatable bonds is 2. The summed E-state index contributed by atoms with van der Waals surface area (Å²) in [4.78, 5) is 1.07. The average Bonchev–Trinajstić information content (AvgIpc) is 2.70. The second-order valence-electron chi connectivity index (χ2n) is 3.96. The fourth-order valence-corrected chi connectivity index (χ4v) is 3.90. The van der Waals surface area contributed by atoms with Gasteiger partial charge in [0.2, 0.25) is 0 Å². The fourth-order valence-electron chi connectivity index (χ4n) is 1.76. The maximum atomic E-state index is 13.6. The maximum Gasteiger partial charge on any atom is 0.129 e. The summed E-state index contributed by atoms with van der Waals surface area (Å²) >= 11 is 11.3. The van der Waals surface area contributed by atoms with Crippen LogP contribution in [0.25, 0.3) is 0 Å². The molecule has 17 heavy (non-hydrogen) atoms. The zero-order valence-corrected chi connectivity index (χ0v) is 12.6. The molecule has 2 aromatic rings. The third-order valence-electron chi connectivity index (χ3n) is 2.63. The molecule has 0 saturated heterocycles. The smallest absolute Gasteiger partial charge is 0.129 e. The molecule has 0 radical (unpaired) electrons. The normalized spacial score (nSPS) is 12.8. The number of alkyl halides is 1. The third kappa shape index (κ3) is 2.56. The molecule has 0 bridgehead atoms. The van der Waals surface area contributed by atoms with Gasteiger partial charge >= 0.3 is 0 Å². The molecule has 0 N–H and O–H groups in total. The van der Waals surface area contributed by atoms with Gasteiger partial charge in [-0.3, -0.25) is 0 Å². The molecule has 1 unspecified atom stereocenters. The lowest BCUT2D eigenvalue weighted by Crippen LogP contribution is -1.96. The zero-order valence-electron chi connectivity index (χ0n) is 9.43. The van der Waals surface area contributed by atoms with Crippen LogP contribution in [0.1, 0.15) is 26.4 Å². The Labute approximate surface area is 118 Å². The molecule has 0 nitrogen and oxygen atoms in total. The number of thiophene rings is 1. The van der Waals surface area contributed by atoms with Gasteiger partial charge in [-0.15, -0.1) is 11.3 Å². The highest BCUT2D eigenvalue weighted by Gasteiger charge is 2.17. The monoisotopic (exact) mass is 332 g/mol. The van der Waals surface area contributed by atoms with Gasteiger partial charge in [0, 0.05) is 4.88 Å². The van der Waals surface area contributed by atoms with Crippen LogP contribution in [0.15, 0.2) is 23.6 Å². The van der Waals surface area contributed by atoms with Crippen molar-refractivity contribution in [2.24, 2.45) is 0 Å². The van der Waals surface area contributed by atoms with Crippen LogP contribution in [0, 0.1) is 19.7 Å². The summed E-state index contributed by atoms with van der Waals surface area (Å²) in [5, 5.41) is 2.70. The van der Waals surface area contributed by atoms with Crippen molar-refractivity contribution in [1.82, 2.24) is 0 Å². The number of aryl methyl sites for hydroxylation is 2. The Kier molecular flexibility index (Phi) is 3.91. The van der Waals surface area contributed by atoms with Gasteiger partial charge in [-0.1, -0.05) is 39.7 Å². The Morgan fingerprint density at radius 2 is 1.88 bits per heavy atom. The molecule has 0 aliphatic heterocycles. The van der Waals surface area contributed by atoms with E-state index in [0.717, 1.165) is 15.5 Å². The molecular formula is C13H11BrClFS. The largest absolute Gasteiger partial charge is 0.206 e. The van der Waals surface area contributed by atoms with Crippen molar-refractivity contribution in [2.75, 3.05) is 0 Å². The average molecular weight is 334 g/mol. The van der Waals surface area contributed by atoms with Crippen LogP contribution < -0.4 is 0 Å². The van der Waals surface area contributed by atoms with Crippen molar-refractivity contribution in [1.29, 1.82) is 0 Å². The van der Waals surface area contributed by atoms with Crippen molar-refractivity contribution in [3.05, 3.63) is 56.0 Å². The predicted octanol–water partition coefficient (Wildman–Crippen LogP) is 5.64. The summed E-state index contributed by atoms with van der Waals surface area (Å²) in [5.74, 6) is -0.134. The van der Waals surface area contributed by atoms with Crippen molar-refractivity contribution < 1.29 is 4.39 Å². The van der Waals surface area contributed by atoms with Crippen LogP contribution in [0.3, 0.4) is 0 Å².